The Morgan fingerprint density at radius 1 is 0.826 bits per heavy atom. The third-order valence-electron chi connectivity index (χ3n) is 3.81. The lowest BCUT2D eigenvalue weighted by molar-refractivity contribution is 0.111. The summed E-state index contributed by atoms with van der Waals surface area (Å²) >= 11 is 0. The molecule has 110 valence electrons. The molecule has 2 aromatic heterocycles. The molecule has 4 rings (SSSR count). The van der Waals surface area contributed by atoms with Crippen molar-refractivity contribution in [3.05, 3.63) is 78.8 Å². The van der Waals surface area contributed by atoms with Crippen LogP contribution < -0.4 is 0 Å². The van der Waals surface area contributed by atoms with Gasteiger partial charge in [0, 0.05) is 11.8 Å². The molecule has 2 heterocycles. The van der Waals surface area contributed by atoms with E-state index >= 15 is 0 Å². The SMILES string of the molecule is O=Cc1ccn2ncc(-c3ccc(-c4ccccc4)cc3)c2n1. The average Bonchev–Trinajstić information content (AvgIpc) is 3.05. The van der Waals surface area contributed by atoms with Gasteiger partial charge < -0.3 is 0 Å². The van der Waals surface area contributed by atoms with E-state index in [9.17, 15) is 4.79 Å². The molecule has 0 aliphatic heterocycles. The largest absolute Gasteiger partial charge is 0.296 e. The van der Waals surface area contributed by atoms with E-state index in [4.69, 9.17) is 0 Å². The molecule has 0 atom stereocenters. The lowest BCUT2D eigenvalue weighted by Gasteiger charge is -2.04. The first-order chi connectivity index (χ1) is 11.3. The second-order valence-corrected chi connectivity index (χ2v) is 5.24. The van der Waals surface area contributed by atoms with Crippen molar-refractivity contribution in [1.29, 1.82) is 0 Å². The third-order valence-corrected chi connectivity index (χ3v) is 3.81. The Morgan fingerprint density at radius 2 is 1.52 bits per heavy atom. The van der Waals surface area contributed by atoms with Gasteiger partial charge in [0.2, 0.25) is 0 Å². The van der Waals surface area contributed by atoms with Crippen LogP contribution in [0.2, 0.25) is 0 Å². The van der Waals surface area contributed by atoms with Crippen LogP contribution in [0.3, 0.4) is 0 Å². The Balaban J connectivity index is 1.78. The van der Waals surface area contributed by atoms with Crippen LogP contribution in [0.15, 0.2) is 73.1 Å². The van der Waals surface area contributed by atoms with Gasteiger partial charge in [0.25, 0.3) is 0 Å². The average molecular weight is 299 g/mol. The molecule has 0 spiro atoms. The number of hydrogen-bond donors (Lipinski definition) is 0. The van der Waals surface area contributed by atoms with Gasteiger partial charge in [-0.15, -0.1) is 0 Å². The Hall–Kier alpha value is -3.27. The van der Waals surface area contributed by atoms with E-state index in [2.05, 4.69) is 46.5 Å². The first-order valence-electron chi connectivity index (χ1n) is 7.30. The maximum absolute atomic E-state index is 10.9. The molecule has 2 aromatic carbocycles. The summed E-state index contributed by atoms with van der Waals surface area (Å²) < 4.78 is 1.67. The first kappa shape index (κ1) is 13.4. The topological polar surface area (TPSA) is 47.3 Å². The lowest BCUT2D eigenvalue weighted by atomic mass is 10.0. The van der Waals surface area contributed by atoms with Gasteiger partial charge in [-0.3, -0.25) is 4.79 Å². The maximum Gasteiger partial charge on any atom is 0.168 e. The molecule has 0 aliphatic rings. The Morgan fingerprint density at radius 3 is 2.26 bits per heavy atom. The van der Waals surface area contributed by atoms with E-state index in [1.807, 2.05) is 18.2 Å². The molecule has 0 saturated heterocycles. The summed E-state index contributed by atoms with van der Waals surface area (Å²) in [4.78, 5) is 15.3. The fourth-order valence-electron chi connectivity index (χ4n) is 2.62. The number of carbonyl (C=O) groups excluding carboxylic acids is 1. The number of aldehydes is 1. The van der Waals surface area contributed by atoms with Crippen molar-refractivity contribution in [3.8, 4) is 22.3 Å². The van der Waals surface area contributed by atoms with E-state index in [-0.39, 0.29) is 0 Å². The standard InChI is InChI=1S/C19H13N3O/c23-13-17-10-11-22-19(21-17)18(12-20-22)16-8-6-15(7-9-16)14-4-2-1-3-5-14/h1-13H. The molecular weight excluding hydrogens is 286 g/mol. The number of rotatable bonds is 3. The molecule has 4 nitrogen and oxygen atoms in total. The number of fused-ring (bicyclic) bond motifs is 1. The number of aromatic nitrogens is 3. The molecule has 4 aromatic rings. The third kappa shape index (κ3) is 2.40. The van der Waals surface area contributed by atoms with Crippen molar-refractivity contribution in [2.45, 2.75) is 0 Å². The molecular formula is C19H13N3O. The summed E-state index contributed by atoms with van der Waals surface area (Å²) in [5.41, 5.74) is 5.36. The van der Waals surface area contributed by atoms with Gasteiger partial charge in [-0.05, 0) is 22.8 Å². The van der Waals surface area contributed by atoms with Crippen LogP contribution in [0.5, 0.6) is 0 Å². The van der Waals surface area contributed by atoms with Gasteiger partial charge in [-0.2, -0.15) is 5.10 Å². The minimum Gasteiger partial charge on any atom is -0.296 e. The summed E-state index contributed by atoms with van der Waals surface area (Å²) in [7, 11) is 0. The zero-order valence-corrected chi connectivity index (χ0v) is 12.3. The van der Waals surface area contributed by atoms with E-state index in [0.29, 0.717) is 11.3 Å². The quantitative estimate of drug-likeness (QED) is 0.539. The van der Waals surface area contributed by atoms with Crippen LogP contribution in [0.1, 0.15) is 10.5 Å². The first-order valence-corrected chi connectivity index (χ1v) is 7.30. The van der Waals surface area contributed by atoms with E-state index in [1.54, 1.807) is 23.0 Å². The molecule has 0 fully saturated rings. The highest BCUT2D eigenvalue weighted by atomic mass is 16.1. The lowest BCUT2D eigenvalue weighted by Crippen LogP contribution is -1.94. The zero-order valence-electron chi connectivity index (χ0n) is 12.3. The molecule has 0 N–H and O–H groups in total. The summed E-state index contributed by atoms with van der Waals surface area (Å²) in [6.07, 6.45) is 4.26. The predicted molar refractivity (Wildman–Crippen MR) is 89.2 cm³/mol. The van der Waals surface area contributed by atoms with Gasteiger partial charge in [0.05, 0.1) is 6.20 Å². The van der Waals surface area contributed by atoms with Gasteiger partial charge >= 0.3 is 0 Å². The van der Waals surface area contributed by atoms with Crippen molar-refractivity contribution < 1.29 is 4.79 Å². The minimum atomic E-state index is 0.403. The number of hydrogen-bond acceptors (Lipinski definition) is 3. The second kappa shape index (κ2) is 5.50. The van der Waals surface area contributed by atoms with Crippen LogP contribution in [0, 0.1) is 0 Å². The van der Waals surface area contributed by atoms with Crippen LogP contribution in [0.4, 0.5) is 0 Å². The van der Waals surface area contributed by atoms with Crippen molar-refractivity contribution in [2.24, 2.45) is 0 Å². The zero-order chi connectivity index (χ0) is 15.6. The van der Waals surface area contributed by atoms with E-state index in [0.717, 1.165) is 23.0 Å². The van der Waals surface area contributed by atoms with Gasteiger partial charge in [-0.1, -0.05) is 54.6 Å². The fourth-order valence-corrected chi connectivity index (χ4v) is 2.62. The summed E-state index contributed by atoms with van der Waals surface area (Å²) in [5.74, 6) is 0. The highest BCUT2D eigenvalue weighted by Crippen LogP contribution is 2.26. The molecule has 0 bridgehead atoms. The Labute approximate surface area is 133 Å². The maximum atomic E-state index is 10.9. The molecule has 0 saturated carbocycles. The van der Waals surface area contributed by atoms with Gasteiger partial charge in [-0.25, -0.2) is 9.50 Å². The summed E-state index contributed by atoms with van der Waals surface area (Å²) in [5, 5.41) is 4.29. The second-order valence-electron chi connectivity index (χ2n) is 5.24. The van der Waals surface area contributed by atoms with E-state index in [1.165, 1.54) is 5.56 Å². The molecule has 0 amide bonds. The highest BCUT2D eigenvalue weighted by Gasteiger charge is 2.09. The Kier molecular flexibility index (Phi) is 3.20. The van der Waals surface area contributed by atoms with Crippen molar-refractivity contribution in [1.82, 2.24) is 14.6 Å². The molecule has 0 radical (unpaired) electrons. The van der Waals surface area contributed by atoms with Crippen LogP contribution in [-0.4, -0.2) is 20.9 Å². The molecule has 0 unspecified atom stereocenters. The smallest absolute Gasteiger partial charge is 0.168 e. The van der Waals surface area contributed by atoms with Gasteiger partial charge in [0.1, 0.15) is 5.69 Å². The normalized spacial score (nSPS) is 10.8. The highest BCUT2D eigenvalue weighted by molar-refractivity contribution is 5.81. The monoisotopic (exact) mass is 299 g/mol. The number of carbonyl (C=O) groups is 1. The van der Waals surface area contributed by atoms with Crippen LogP contribution >= 0.6 is 0 Å². The molecule has 23 heavy (non-hydrogen) atoms. The fraction of sp³-hybridized carbons (Fsp3) is 0. The minimum absolute atomic E-state index is 0.403. The number of benzene rings is 2. The van der Waals surface area contributed by atoms with Crippen molar-refractivity contribution >= 4 is 11.9 Å². The Bertz CT molecular complexity index is 973. The number of nitrogens with zero attached hydrogens (tertiary/aromatic N) is 3. The predicted octanol–water partition coefficient (Wildman–Crippen LogP) is 3.88. The molecule has 0 aliphatic carbocycles. The van der Waals surface area contributed by atoms with Crippen molar-refractivity contribution in [2.75, 3.05) is 0 Å². The van der Waals surface area contributed by atoms with E-state index < -0.39 is 0 Å². The van der Waals surface area contributed by atoms with Gasteiger partial charge in [0.15, 0.2) is 11.9 Å². The molecule has 4 heteroatoms. The van der Waals surface area contributed by atoms with Crippen LogP contribution in [-0.2, 0) is 0 Å². The van der Waals surface area contributed by atoms with Crippen molar-refractivity contribution in [3.63, 3.8) is 0 Å². The summed E-state index contributed by atoms with van der Waals surface area (Å²) in [6.45, 7) is 0. The summed E-state index contributed by atoms with van der Waals surface area (Å²) in [6, 6.07) is 20.1. The van der Waals surface area contributed by atoms with Crippen LogP contribution in [0.25, 0.3) is 27.9 Å².